The highest BCUT2D eigenvalue weighted by Gasteiger charge is 2.67. The van der Waals surface area contributed by atoms with Crippen molar-refractivity contribution >= 4 is 0 Å². The van der Waals surface area contributed by atoms with Crippen molar-refractivity contribution in [3.63, 3.8) is 0 Å². The van der Waals surface area contributed by atoms with Crippen molar-refractivity contribution in [3.8, 4) is 0 Å². The molecular formula is C16H31NO. The largest absolute Gasteiger partial charge is 0.381 e. The van der Waals surface area contributed by atoms with E-state index in [1.54, 1.807) is 0 Å². The summed E-state index contributed by atoms with van der Waals surface area (Å²) in [4.78, 5) is 0. The van der Waals surface area contributed by atoms with Gasteiger partial charge in [-0.15, -0.1) is 0 Å². The zero-order valence-corrected chi connectivity index (χ0v) is 12.9. The molecular weight excluding hydrogens is 222 g/mol. The molecule has 1 aliphatic heterocycles. The number of nitrogens with one attached hydrogen (secondary N) is 1. The summed E-state index contributed by atoms with van der Waals surface area (Å²) in [5, 5.41) is 3.86. The maximum absolute atomic E-state index is 5.53. The van der Waals surface area contributed by atoms with Gasteiger partial charge in [0, 0.05) is 19.3 Å². The van der Waals surface area contributed by atoms with Gasteiger partial charge < -0.3 is 10.1 Å². The smallest absolute Gasteiger partial charge is 0.0469 e. The highest BCUT2D eigenvalue weighted by atomic mass is 16.5. The van der Waals surface area contributed by atoms with E-state index in [0.29, 0.717) is 16.9 Å². The van der Waals surface area contributed by atoms with Gasteiger partial charge in [0.05, 0.1) is 0 Å². The number of ether oxygens (including phenoxy) is 1. The van der Waals surface area contributed by atoms with Crippen LogP contribution in [0.2, 0.25) is 0 Å². The predicted molar refractivity (Wildman–Crippen MR) is 76.7 cm³/mol. The van der Waals surface area contributed by atoms with Crippen LogP contribution >= 0.6 is 0 Å². The van der Waals surface area contributed by atoms with Crippen LogP contribution in [0.15, 0.2) is 0 Å². The van der Waals surface area contributed by atoms with Crippen LogP contribution in [0.25, 0.3) is 0 Å². The van der Waals surface area contributed by atoms with Crippen LogP contribution in [0.1, 0.15) is 53.9 Å². The van der Waals surface area contributed by atoms with Gasteiger partial charge in [-0.05, 0) is 48.5 Å². The summed E-state index contributed by atoms with van der Waals surface area (Å²) in [6.07, 6.45) is 3.71. The molecule has 0 aromatic heterocycles. The molecule has 2 aliphatic rings. The molecule has 0 spiro atoms. The van der Waals surface area contributed by atoms with Gasteiger partial charge in [-0.3, -0.25) is 0 Å². The van der Waals surface area contributed by atoms with Gasteiger partial charge in [-0.25, -0.2) is 0 Å². The number of rotatable bonds is 5. The van der Waals surface area contributed by atoms with E-state index in [1.807, 2.05) is 0 Å². The maximum Gasteiger partial charge on any atom is 0.0469 e. The predicted octanol–water partition coefficient (Wildman–Crippen LogP) is 3.46. The van der Waals surface area contributed by atoms with Crippen molar-refractivity contribution in [1.29, 1.82) is 0 Å². The van der Waals surface area contributed by atoms with Crippen molar-refractivity contribution in [2.75, 3.05) is 19.8 Å². The molecule has 0 aromatic rings. The molecule has 1 atom stereocenters. The van der Waals surface area contributed by atoms with Crippen LogP contribution in [-0.2, 0) is 4.74 Å². The standard InChI is InChI=1S/C16H31NO/c1-6-9-17-13(12-7-10-18-11-8-12)14-15(2,3)16(14,4)5/h12-14,17H,6-11H2,1-5H3. The first-order valence-electron chi connectivity index (χ1n) is 7.74. The quantitative estimate of drug-likeness (QED) is 0.810. The Hall–Kier alpha value is -0.0800. The molecule has 1 saturated heterocycles. The van der Waals surface area contributed by atoms with Gasteiger partial charge in [-0.1, -0.05) is 34.6 Å². The first-order valence-corrected chi connectivity index (χ1v) is 7.74. The van der Waals surface area contributed by atoms with Gasteiger partial charge in [-0.2, -0.15) is 0 Å². The molecule has 1 N–H and O–H groups in total. The third-order valence-electron chi connectivity index (χ3n) is 5.90. The Bertz CT molecular complexity index is 265. The van der Waals surface area contributed by atoms with Gasteiger partial charge in [0.15, 0.2) is 0 Å². The lowest BCUT2D eigenvalue weighted by Gasteiger charge is -2.33. The van der Waals surface area contributed by atoms with Crippen molar-refractivity contribution in [3.05, 3.63) is 0 Å². The molecule has 0 aromatic carbocycles. The monoisotopic (exact) mass is 253 g/mol. The Labute approximate surface area is 113 Å². The van der Waals surface area contributed by atoms with Crippen molar-refractivity contribution in [1.82, 2.24) is 5.32 Å². The summed E-state index contributed by atoms with van der Waals surface area (Å²) in [5.41, 5.74) is 0.966. The fourth-order valence-electron chi connectivity index (χ4n) is 4.09. The third-order valence-corrected chi connectivity index (χ3v) is 5.90. The molecule has 1 saturated carbocycles. The summed E-state index contributed by atoms with van der Waals surface area (Å²) < 4.78 is 5.53. The topological polar surface area (TPSA) is 21.3 Å². The lowest BCUT2D eigenvalue weighted by Crippen LogP contribution is -2.42. The Morgan fingerprint density at radius 2 is 1.67 bits per heavy atom. The summed E-state index contributed by atoms with van der Waals surface area (Å²) in [7, 11) is 0. The zero-order valence-electron chi connectivity index (χ0n) is 12.9. The fourth-order valence-corrected chi connectivity index (χ4v) is 4.09. The van der Waals surface area contributed by atoms with E-state index < -0.39 is 0 Å². The van der Waals surface area contributed by atoms with Crippen LogP contribution in [0, 0.1) is 22.7 Å². The highest BCUT2D eigenvalue weighted by molar-refractivity contribution is 5.17. The highest BCUT2D eigenvalue weighted by Crippen LogP contribution is 2.70. The second-order valence-electron chi connectivity index (χ2n) is 7.35. The average Bonchev–Trinajstić information content (AvgIpc) is 2.74. The Kier molecular flexibility index (Phi) is 4.08. The SMILES string of the molecule is CCCNC(C1CCOCC1)C1C(C)(C)C1(C)C. The summed E-state index contributed by atoms with van der Waals surface area (Å²) >= 11 is 0. The molecule has 1 unspecified atom stereocenters. The van der Waals surface area contributed by atoms with E-state index in [-0.39, 0.29) is 0 Å². The lowest BCUT2D eigenvalue weighted by atomic mass is 9.85. The fraction of sp³-hybridized carbons (Fsp3) is 1.00. The van der Waals surface area contributed by atoms with Crippen molar-refractivity contribution in [2.24, 2.45) is 22.7 Å². The van der Waals surface area contributed by atoms with E-state index in [2.05, 4.69) is 39.9 Å². The van der Waals surface area contributed by atoms with Crippen LogP contribution < -0.4 is 5.32 Å². The van der Waals surface area contributed by atoms with E-state index in [0.717, 1.165) is 31.6 Å². The van der Waals surface area contributed by atoms with E-state index >= 15 is 0 Å². The first kappa shape index (κ1) is 14.3. The van der Waals surface area contributed by atoms with Gasteiger partial charge >= 0.3 is 0 Å². The molecule has 1 aliphatic carbocycles. The Morgan fingerprint density at radius 3 is 2.11 bits per heavy atom. The minimum absolute atomic E-state index is 0.483. The summed E-state index contributed by atoms with van der Waals surface area (Å²) in [6.45, 7) is 15.1. The molecule has 0 radical (unpaired) electrons. The molecule has 2 rings (SSSR count). The van der Waals surface area contributed by atoms with Crippen LogP contribution in [0.5, 0.6) is 0 Å². The Morgan fingerprint density at radius 1 is 1.11 bits per heavy atom. The number of hydrogen-bond acceptors (Lipinski definition) is 2. The van der Waals surface area contributed by atoms with Gasteiger partial charge in [0.2, 0.25) is 0 Å². The third kappa shape index (κ3) is 2.34. The minimum atomic E-state index is 0.483. The molecule has 18 heavy (non-hydrogen) atoms. The van der Waals surface area contributed by atoms with E-state index in [9.17, 15) is 0 Å². The van der Waals surface area contributed by atoms with Crippen LogP contribution in [0.3, 0.4) is 0 Å². The second-order valence-corrected chi connectivity index (χ2v) is 7.35. The molecule has 0 amide bonds. The van der Waals surface area contributed by atoms with Gasteiger partial charge in [0.25, 0.3) is 0 Å². The molecule has 2 fully saturated rings. The maximum atomic E-state index is 5.53. The van der Waals surface area contributed by atoms with Crippen molar-refractivity contribution < 1.29 is 4.74 Å². The second kappa shape index (κ2) is 5.13. The minimum Gasteiger partial charge on any atom is -0.381 e. The van der Waals surface area contributed by atoms with Crippen LogP contribution in [-0.4, -0.2) is 25.8 Å². The van der Waals surface area contributed by atoms with Crippen LogP contribution in [0.4, 0.5) is 0 Å². The first-order chi connectivity index (χ1) is 8.43. The molecule has 1 heterocycles. The van der Waals surface area contributed by atoms with Gasteiger partial charge in [0.1, 0.15) is 0 Å². The summed E-state index contributed by atoms with van der Waals surface area (Å²) in [5.74, 6) is 1.64. The molecule has 0 bridgehead atoms. The number of hydrogen-bond donors (Lipinski definition) is 1. The van der Waals surface area contributed by atoms with E-state index in [1.165, 1.54) is 19.3 Å². The average molecular weight is 253 g/mol. The summed E-state index contributed by atoms with van der Waals surface area (Å²) in [6, 6.07) is 0.693. The molecule has 106 valence electrons. The zero-order chi connectivity index (χ0) is 13.4. The lowest BCUT2D eigenvalue weighted by molar-refractivity contribution is 0.0477. The van der Waals surface area contributed by atoms with E-state index in [4.69, 9.17) is 4.74 Å². The van der Waals surface area contributed by atoms with Crippen molar-refractivity contribution in [2.45, 2.75) is 59.9 Å². The Balaban J connectivity index is 2.06. The normalized spacial score (nSPS) is 29.2. The molecule has 2 heteroatoms. The molecule has 2 nitrogen and oxygen atoms in total.